The standard InChI is InChI=1S/C17H24FN5O.HI/c1-4-15(24-16-7-5-6-14(18)8-16)11-21-17(19-2)20-9-13-10-22-23(3)12-13;/h5-8,10,12,15H,4,9,11H2,1-3H3,(H2,19,20,21);1H. The third-order valence-electron chi connectivity index (χ3n) is 3.49. The van der Waals surface area contributed by atoms with E-state index in [9.17, 15) is 4.39 Å². The highest BCUT2D eigenvalue weighted by molar-refractivity contribution is 14.0. The van der Waals surface area contributed by atoms with E-state index in [-0.39, 0.29) is 35.9 Å². The fraction of sp³-hybridized carbons (Fsp3) is 0.412. The minimum Gasteiger partial charge on any atom is -0.489 e. The molecule has 1 heterocycles. The molecule has 1 aromatic carbocycles. The molecule has 1 aromatic heterocycles. The molecule has 2 N–H and O–H groups in total. The Hall–Kier alpha value is -1.84. The maximum absolute atomic E-state index is 13.2. The van der Waals surface area contributed by atoms with Gasteiger partial charge >= 0.3 is 0 Å². The highest BCUT2D eigenvalue weighted by Gasteiger charge is 2.10. The summed E-state index contributed by atoms with van der Waals surface area (Å²) in [6.45, 7) is 3.23. The minimum absolute atomic E-state index is 0. The van der Waals surface area contributed by atoms with Crippen LogP contribution in [0.3, 0.4) is 0 Å². The summed E-state index contributed by atoms with van der Waals surface area (Å²) in [4.78, 5) is 4.19. The Bertz CT molecular complexity index is 677. The summed E-state index contributed by atoms with van der Waals surface area (Å²) in [6, 6.07) is 6.18. The average Bonchev–Trinajstić information content (AvgIpc) is 2.99. The van der Waals surface area contributed by atoms with Crippen LogP contribution in [0.15, 0.2) is 41.7 Å². The SMILES string of the molecule is CCC(CNC(=NC)NCc1cnn(C)c1)Oc1cccc(F)c1.I. The van der Waals surface area contributed by atoms with Gasteiger partial charge in [0, 0.05) is 38.5 Å². The van der Waals surface area contributed by atoms with Crippen LogP contribution < -0.4 is 15.4 Å². The lowest BCUT2D eigenvalue weighted by molar-refractivity contribution is 0.199. The van der Waals surface area contributed by atoms with Gasteiger partial charge in [-0.1, -0.05) is 13.0 Å². The van der Waals surface area contributed by atoms with Gasteiger partial charge in [-0.3, -0.25) is 9.67 Å². The van der Waals surface area contributed by atoms with Crippen molar-refractivity contribution in [3.8, 4) is 5.75 Å². The van der Waals surface area contributed by atoms with Gasteiger partial charge in [0.1, 0.15) is 17.7 Å². The van der Waals surface area contributed by atoms with Gasteiger partial charge in [-0.25, -0.2) is 4.39 Å². The van der Waals surface area contributed by atoms with Gasteiger partial charge in [0.2, 0.25) is 0 Å². The molecule has 6 nitrogen and oxygen atoms in total. The number of rotatable bonds is 7. The van der Waals surface area contributed by atoms with Crippen molar-refractivity contribution in [2.24, 2.45) is 12.0 Å². The van der Waals surface area contributed by atoms with Crippen molar-refractivity contribution in [3.05, 3.63) is 48.0 Å². The first kappa shape index (κ1) is 21.2. The molecule has 8 heteroatoms. The molecule has 0 aliphatic carbocycles. The second-order valence-electron chi connectivity index (χ2n) is 5.43. The zero-order valence-corrected chi connectivity index (χ0v) is 17.0. The summed E-state index contributed by atoms with van der Waals surface area (Å²) < 4.78 is 20.8. The van der Waals surface area contributed by atoms with E-state index in [4.69, 9.17) is 4.74 Å². The third-order valence-corrected chi connectivity index (χ3v) is 3.49. The quantitative estimate of drug-likeness (QED) is 0.378. The lowest BCUT2D eigenvalue weighted by Crippen LogP contribution is -2.42. The molecule has 1 unspecified atom stereocenters. The predicted octanol–water partition coefficient (Wildman–Crippen LogP) is 2.70. The number of aryl methyl sites for hydroxylation is 1. The van der Waals surface area contributed by atoms with Crippen molar-refractivity contribution >= 4 is 29.9 Å². The van der Waals surface area contributed by atoms with Gasteiger partial charge in [0.15, 0.2) is 5.96 Å². The monoisotopic (exact) mass is 461 g/mol. The molecule has 138 valence electrons. The van der Waals surface area contributed by atoms with E-state index in [1.807, 2.05) is 26.4 Å². The topological polar surface area (TPSA) is 63.5 Å². The highest BCUT2D eigenvalue weighted by atomic mass is 127. The first-order valence-electron chi connectivity index (χ1n) is 7.95. The lowest BCUT2D eigenvalue weighted by atomic mass is 10.2. The summed E-state index contributed by atoms with van der Waals surface area (Å²) in [5, 5.41) is 10.6. The molecule has 0 saturated carbocycles. The van der Waals surface area contributed by atoms with Crippen LogP contribution >= 0.6 is 24.0 Å². The molecule has 0 bridgehead atoms. The van der Waals surface area contributed by atoms with E-state index in [1.54, 1.807) is 23.9 Å². The fourth-order valence-electron chi connectivity index (χ4n) is 2.18. The number of hydrogen-bond acceptors (Lipinski definition) is 3. The molecule has 2 aromatic rings. The normalized spacial score (nSPS) is 12.2. The second-order valence-corrected chi connectivity index (χ2v) is 5.43. The Labute approximate surface area is 164 Å². The van der Waals surface area contributed by atoms with Crippen molar-refractivity contribution in [3.63, 3.8) is 0 Å². The molecule has 1 atom stereocenters. The van der Waals surface area contributed by atoms with E-state index >= 15 is 0 Å². The van der Waals surface area contributed by atoms with Crippen molar-refractivity contribution in [2.75, 3.05) is 13.6 Å². The van der Waals surface area contributed by atoms with Crippen molar-refractivity contribution < 1.29 is 9.13 Å². The number of benzene rings is 1. The first-order chi connectivity index (χ1) is 11.6. The number of aromatic nitrogens is 2. The molecule has 0 saturated heterocycles. The van der Waals surface area contributed by atoms with Gasteiger partial charge in [-0.2, -0.15) is 5.10 Å². The summed E-state index contributed by atoms with van der Waals surface area (Å²) in [5.41, 5.74) is 1.07. The number of aliphatic imine (C=N–C) groups is 1. The maximum Gasteiger partial charge on any atom is 0.191 e. The van der Waals surface area contributed by atoms with Crippen molar-refractivity contribution in [1.82, 2.24) is 20.4 Å². The van der Waals surface area contributed by atoms with E-state index < -0.39 is 0 Å². The second kappa shape index (κ2) is 10.9. The van der Waals surface area contributed by atoms with Gasteiger partial charge < -0.3 is 15.4 Å². The summed E-state index contributed by atoms with van der Waals surface area (Å²) in [7, 11) is 3.60. The van der Waals surface area contributed by atoms with E-state index in [0.717, 1.165) is 12.0 Å². The number of nitrogens with zero attached hydrogens (tertiary/aromatic N) is 3. The molecular weight excluding hydrogens is 436 g/mol. The van der Waals surface area contributed by atoms with Crippen LogP contribution in [0.4, 0.5) is 4.39 Å². The van der Waals surface area contributed by atoms with Crippen LogP contribution in [0.2, 0.25) is 0 Å². The van der Waals surface area contributed by atoms with E-state index in [1.165, 1.54) is 12.1 Å². The lowest BCUT2D eigenvalue weighted by Gasteiger charge is -2.20. The number of halogens is 2. The molecule has 2 rings (SSSR count). The largest absolute Gasteiger partial charge is 0.489 e. The van der Waals surface area contributed by atoms with Gasteiger partial charge in [0.25, 0.3) is 0 Å². The predicted molar refractivity (Wildman–Crippen MR) is 108 cm³/mol. The Morgan fingerprint density at radius 3 is 2.80 bits per heavy atom. The van der Waals surface area contributed by atoms with Crippen LogP contribution in [0.1, 0.15) is 18.9 Å². The van der Waals surface area contributed by atoms with Gasteiger partial charge in [-0.05, 0) is 18.6 Å². The van der Waals surface area contributed by atoms with Crippen LogP contribution in [0.5, 0.6) is 5.75 Å². The zero-order chi connectivity index (χ0) is 17.4. The molecule has 0 spiro atoms. The van der Waals surface area contributed by atoms with Crippen LogP contribution in [0.25, 0.3) is 0 Å². The molecule has 0 aliphatic rings. The van der Waals surface area contributed by atoms with Crippen LogP contribution in [-0.2, 0) is 13.6 Å². The first-order valence-corrected chi connectivity index (χ1v) is 7.95. The average molecular weight is 461 g/mol. The number of hydrogen-bond donors (Lipinski definition) is 2. The maximum atomic E-state index is 13.2. The molecular formula is C17H25FIN5O. The smallest absolute Gasteiger partial charge is 0.191 e. The Kier molecular flexibility index (Phi) is 9.25. The number of nitrogens with one attached hydrogen (secondary N) is 2. The molecule has 0 aliphatic heterocycles. The zero-order valence-electron chi connectivity index (χ0n) is 14.7. The number of guanidine groups is 1. The Morgan fingerprint density at radius 2 is 2.20 bits per heavy atom. The molecule has 0 fully saturated rings. The van der Waals surface area contributed by atoms with Crippen molar-refractivity contribution in [2.45, 2.75) is 26.0 Å². The fourth-order valence-corrected chi connectivity index (χ4v) is 2.18. The van der Waals surface area contributed by atoms with E-state index in [2.05, 4.69) is 20.7 Å². The molecule has 0 amide bonds. The Balaban J connectivity index is 0.00000312. The van der Waals surface area contributed by atoms with Crippen LogP contribution in [-0.4, -0.2) is 35.4 Å². The summed E-state index contributed by atoms with van der Waals surface area (Å²) in [6.07, 6.45) is 4.47. The summed E-state index contributed by atoms with van der Waals surface area (Å²) >= 11 is 0. The van der Waals surface area contributed by atoms with Crippen molar-refractivity contribution in [1.29, 1.82) is 0 Å². The molecule has 25 heavy (non-hydrogen) atoms. The summed E-state index contributed by atoms with van der Waals surface area (Å²) in [5.74, 6) is 0.909. The highest BCUT2D eigenvalue weighted by Crippen LogP contribution is 2.14. The number of ether oxygens (including phenoxy) is 1. The van der Waals surface area contributed by atoms with Gasteiger partial charge in [-0.15, -0.1) is 24.0 Å². The molecule has 0 radical (unpaired) electrons. The Morgan fingerprint density at radius 1 is 1.40 bits per heavy atom. The van der Waals surface area contributed by atoms with Crippen LogP contribution in [0, 0.1) is 5.82 Å². The third kappa shape index (κ3) is 7.29. The minimum atomic E-state index is -0.302. The van der Waals surface area contributed by atoms with E-state index in [0.29, 0.717) is 24.8 Å². The van der Waals surface area contributed by atoms with Gasteiger partial charge in [0.05, 0.1) is 12.7 Å².